The molecule has 4 N–H and O–H groups in total. The Kier molecular flexibility index (Phi) is 10.7. The Hall–Kier alpha value is -3.76. The Morgan fingerprint density at radius 1 is 1.38 bits per heavy atom. The maximum Gasteiger partial charge on any atom is 0.157 e. The molecule has 0 aliphatic carbocycles. The van der Waals surface area contributed by atoms with E-state index in [9.17, 15) is 4.79 Å². The van der Waals surface area contributed by atoms with Crippen LogP contribution in [0.25, 0.3) is 10.9 Å². The van der Waals surface area contributed by atoms with E-state index in [0.717, 1.165) is 6.21 Å². The average Bonchev–Trinajstić information content (AvgIpc) is 2.86. The second kappa shape index (κ2) is 13.7. The van der Waals surface area contributed by atoms with Gasteiger partial charge < -0.3 is 30.8 Å². The first kappa shape index (κ1) is 26.5. The van der Waals surface area contributed by atoms with Crippen LogP contribution in [-0.4, -0.2) is 65.0 Å². The lowest BCUT2D eigenvalue weighted by Crippen LogP contribution is -2.23. The summed E-state index contributed by atoms with van der Waals surface area (Å²) >= 11 is 0. The molecule has 1 heterocycles. The highest BCUT2D eigenvalue weighted by Crippen LogP contribution is 2.36. The highest BCUT2D eigenvalue weighted by molar-refractivity contribution is 5.93. The molecule has 1 aromatic heterocycles. The largest absolute Gasteiger partial charge is 0.483 e. The lowest BCUT2D eigenvalue weighted by atomic mass is 10.1. The fourth-order valence-electron chi connectivity index (χ4n) is 3.18. The number of allylic oxidation sites excluding steroid dienone is 2. The maximum atomic E-state index is 15.3. The van der Waals surface area contributed by atoms with E-state index in [1.165, 1.54) is 12.3 Å². The first-order valence-electron chi connectivity index (χ1n) is 10.6. The topological polar surface area (TPSA) is 117 Å². The smallest absolute Gasteiger partial charge is 0.157 e. The molecule has 34 heavy (non-hydrogen) atoms. The quantitative estimate of drug-likeness (QED) is 0.167. The fourth-order valence-corrected chi connectivity index (χ4v) is 3.18. The minimum absolute atomic E-state index is 0.152. The molecule has 0 atom stereocenters. The summed E-state index contributed by atoms with van der Waals surface area (Å²) < 4.78 is 26.2. The van der Waals surface area contributed by atoms with Crippen LogP contribution < -0.4 is 25.8 Å². The number of hydrogen-bond donors (Lipinski definition) is 3. The highest BCUT2D eigenvalue weighted by Gasteiger charge is 2.16. The zero-order chi connectivity index (χ0) is 24.9. The molecule has 0 amide bonds. The molecule has 0 unspecified atom stereocenters. The molecule has 0 bridgehead atoms. The fraction of sp³-hybridized carbons (Fsp3) is 0.292. The van der Waals surface area contributed by atoms with Crippen LogP contribution in [0.5, 0.6) is 5.75 Å². The molecule has 10 heteroatoms. The van der Waals surface area contributed by atoms with Gasteiger partial charge >= 0.3 is 0 Å². The Bertz CT molecular complexity index is 1070. The third-order valence-electron chi connectivity index (χ3n) is 4.90. The lowest BCUT2D eigenvalue weighted by Gasteiger charge is -2.23. The summed E-state index contributed by atoms with van der Waals surface area (Å²) in [5, 5.41) is 11.1. The third-order valence-corrected chi connectivity index (χ3v) is 4.90. The van der Waals surface area contributed by atoms with Crippen molar-refractivity contribution in [1.82, 2.24) is 10.3 Å². The Labute approximate surface area is 198 Å². The van der Waals surface area contributed by atoms with E-state index in [0.29, 0.717) is 58.0 Å². The molecule has 0 aliphatic heterocycles. The van der Waals surface area contributed by atoms with Gasteiger partial charge in [-0.25, -0.2) is 0 Å². The molecule has 0 aliphatic rings. The molecule has 9 nitrogen and oxygen atoms in total. The number of likely N-dealkylation sites (N-methyl/N-ethyl adjacent to an activating group) is 1. The van der Waals surface area contributed by atoms with Crippen LogP contribution in [0.2, 0.25) is 0 Å². The van der Waals surface area contributed by atoms with Crippen molar-refractivity contribution in [2.45, 2.75) is 0 Å². The van der Waals surface area contributed by atoms with Crippen LogP contribution in [0.15, 0.2) is 60.1 Å². The number of carbonyl (C=O) groups excluding carboxylic acids is 1. The summed E-state index contributed by atoms with van der Waals surface area (Å²) in [7, 11) is 5.19. The molecule has 2 rings (SSSR count). The first-order valence-corrected chi connectivity index (χ1v) is 10.6. The zero-order valence-electron chi connectivity index (χ0n) is 19.6. The minimum atomic E-state index is -0.152. The minimum Gasteiger partial charge on any atom is -0.483 e. The van der Waals surface area contributed by atoms with Gasteiger partial charge in [-0.2, -0.15) is 5.12 Å². The van der Waals surface area contributed by atoms with E-state index in [1.54, 1.807) is 50.8 Å². The highest BCUT2D eigenvalue weighted by atomic mass is 19.2. The molecule has 0 saturated heterocycles. The SMILES string of the molecule is CN/C=C(CN)/C(/C=C\C=N)=C/N(F)c1ccc2ncc(N(C)CCOC)c(OCC=O)c2c1. The van der Waals surface area contributed by atoms with Crippen LogP contribution in [0, 0.1) is 5.41 Å². The van der Waals surface area contributed by atoms with Crippen molar-refractivity contribution in [1.29, 1.82) is 5.41 Å². The van der Waals surface area contributed by atoms with Crippen LogP contribution in [0.1, 0.15) is 0 Å². The van der Waals surface area contributed by atoms with Gasteiger partial charge in [0.1, 0.15) is 6.61 Å². The van der Waals surface area contributed by atoms with Crippen molar-refractivity contribution < 1.29 is 18.7 Å². The van der Waals surface area contributed by atoms with Crippen molar-refractivity contribution in [2.24, 2.45) is 5.73 Å². The zero-order valence-corrected chi connectivity index (χ0v) is 19.6. The van der Waals surface area contributed by atoms with Crippen molar-refractivity contribution in [3.05, 3.63) is 60.1 Å². The molecule has 0 fully saturated rings. The summed E-state index contributed by atoms with van der Waals surface area (Å²) in [4.78, 5) is 17.4. The van der Waals surface area contributed by atoms with E-state index in [-0.39, 0.29) is 18.8 Å². The average molecular weight is 471 g/mol. The number of rotatable bonds is 14. The number of nitrogens with zero attached hydrogens (tertiary/aromatic N) is 3. The van der Waals surface area contributed by atoms with Gasteiger partial charge in [-0.1, -0.05) is 10.6 Å². The number of aromatic nitrogens is 1. The lowest BCUT2D eigenvalue weighted by molar-refractivity contribution is -0.109. The normalized spacial score (nSPS) is 12.1. The molecule has 1 aromatic carbocycles. The third kappa shape index (κ3) is 6.87. The first-order chi connectivity index (χ1) is 16.5. The van der Waals surface area contributed by atoms with Gasteiger partial charge in [0.15, 0.2) is 12.0 Å². The van der Waals surface area contributed by atoms with E-state index in [2.05, 4.69) is 10.3 Å². The van der Waals surface area contributed by atoms with Crippen molar-refractivity contribution >= 4 is 34.8 Å². The predicted molar refractivity (Wildman–Crippen MR) is 134 cm³/mol. The van der Waals surface area contributed by atoms with Crippen molar-refractivity contribution in [3.8, 4) is 5.75 Å². The summed E-state index contributed by atoms with van der Waals surface area (Å²) in [6.07, 6.45) is 9.45. The van der Waals surface area contributed by atoms with Gasteiger partial charge in [-0.15, -0.1) is 0 Å². The Morgan fingerprint density at radius 2 is 2.18 bits per heavy atom. The van der Waals surface area contributed by atoms with Gasteiger partial charge in [-0.05, 0) is 35.4 Å². The molecule has 0 saturated carbocycles. The van der Waals surface area contributed by atoms with Gasteiger partial charge in [0.2, 0.25) is 0 Å². The van der Waals surface area contributed by atoms with Crippen molar-refractivity contribution in [3.63, 3.8) is 0 Å². The molecule has 0 radical (unpaired) electrons. The number of carbonyl (C=O) groups is 1. The molecule has 182 valence electrons. The number of fused-ring (bicyclic) bond motifs is 1. The number of benzene rings is 1. The predicted octanol–water partition coefficient (Wildman–Crippen LogP) is 2.74. The monoisotopic (exact) mass is 470 g/mol. The summed E-state index contributed by atoms with van der Waals surface area (Å²) in [5.41, 5.74) is 8.44. The Balaban J connectivity index is 2.58. The number of halogens is 1. The molecular formula is C24H31FN6O3. The number of aldehydes is 1. The second-order valence-electron chi connectivity index (χ2n) is 7.15. The van der Waals surface area contributed by atoms with Gasteiger partial charge in [0, 0.05) is 58.3 Å². The Morgan fingerprint density at radius 3 is 2.82 bits per heavy atom. The van der Waals surface area contributed by atoms with Crippen LogP contribution in [-0.2, 0) is 9.53 Å². The number of hydrogen-bond acceptors (Lipinski definition) is 9. The molecule has 0 spiro atoms. The molecular weight excluding hydrogens is 439 g/mol. The summed E-state index contributed by atoms with van der Waals surface area (Å²) in [6.45, 7) is 1.08. The van der Waals surface area contributed by atoms with Crippen LogP contribution in [0.4, 0.5) is 15.9 Å². The summed E-state index contributed by atoms with van der Waals surface area (Å²) in [5.74, 6) is 0.427. The standard InChI is InChI=1S/C24H31FN6O3/c1-28-15-19(14-27)18(5-4-8-26)17-31(25)20-6-7-22-21(13-20)24(34-12-10-32)23(16-29-22)30(2)9-11-33-3/h4-8,10,13,15-17,26,28H,9,11-12,14,27H2,1-3H3/b5-4-,18-17+,19-15+,26-8?. The summed E-state index contributed by atoms with van der Waals surface area (Å²) in [6, 6.07) is 4.87. The number of pyridine rings is 1. The number of nitrogens with two attached hydrogens (primary N) is 1. The van der Waals surface area contributed by atoms with Gasteiger partial charge in [-0.3, -0.25) is 9.78 Å². The molecule has 2 aromatic rings. The number of anilines is 2. The van der Waals surface area contributed by atoms with E-state index in [4.69, 9.17) is 20.6 Å². The second-order valence-corrected chi connectivity index (χ2v) is 7.15. The van der Waals surface area contributed by atoms with Gasteiger partial charge in [0.25, 0.3) is 0 Å². The van der Waals surface area contributed by atoms with Crippen LogP contribution in [0.3, 0.4) is 0 Å². The number of methoxy groups -OCH3 is 1. The number of nitrogens with one attached hydrogen (secondary N) is 2. The van der Waals surface area contributed by atoms with Crippen LogP contribution >= 0.6 is 0 Å². The van der Waals surface area contributed by atoms with E-state index >= 15 is 4.48 Å². The van der Waals surface area contributed by atoms with Gasteiger partial charge in [0.05, 0.1) is 29.7 Å². The van der Waals surface area contributed by atoms with Crippen molar-refractivity contribution in [2.75, 3.05) is 57.5 Å². The van der Waals surface area contributed by atoms with E-state index < -0.39 is 0 Å². The maximum absolute atomic E-state index is 15.3. The van der Waals surface area contributed by atoms with E-state index in [1.807, 2.05) is 11.9 Å². The number of ether oxygens (including phenoxy) is 2.